The third-order valence-corrected chi connectivity index (χ3v) is 6.44. The summed E-state index contributed by atoms with van der Waals surface area (Å²) < 4.78 is 1.10. The predicted octanol–water partition coefficient (Wildman–Crippen LogP) is 4.63. The van der Waals surface area contributed by atoms with Crippen LogP contribution in [0.5, 0.6) is 0 Å². The van der Waals surface area contributed by atoms with Crippen molar-refractivity contribution in [3.8, 4) is 0 Å². The van der Waals surface area contributed by atoms with Crippen molar-refractivity contribution in [1.82, 2.24) is 0 Å². The first-order valence-corrected chi connectivity index (χ1v) is 11.5. The van der Waals surface area contributed by atoms with Gasteiger partial charge in [0.1, 0.15) is 0 Å². The van der Waals surface area contributed by atoms with E-state index in [9.17, 15) is 19.5 Å². The number of carbonyl (C=O) groups is 3. The van der Waals surface area contributed by atoms with Gasteiger partial charge in [0.25, 0.3) is 0 Å². The Balaban J connectivity index is 1.50. The molecule has 156 valence electrons. The lowest BCUT2D eigenvalue weighted by Gasteiger charge is -2.24. The lowest BCUT2D eigenvalue weighted by atomic mass is 9.82. The number of carboxylic acids is 1. The van der Waals surface area contributed by atoms with Crippen LogP contribution in [0.3, 0.4) is 0 Å². The molecule has 2 unspecified atom stereocenters. The predicted molar refractivity (Wildman–Crippen MR) is 127 cm³/mol. The summed E-state index contributed by atoms with van der Waals surface area (Å²) in [6, 6.07) is 14.7. The molecule has 1 aliphatic carbocycles. The molecule has 2 atom stereocenters. The van der Waals surface area contributed by atoms with Crippen LogP contribution in [-0.4, -0.2) is 28.6 Å². The molecule has 3 rings (SSSR count). The summed E-state index contributed by atoms with van der Waals surface area (Å²) in [7, 11) is 0. The maximum Gasteiger partial charge on any atom is 0.307 e. The molecule has 2 aromatic rings. The second-order valence-corrected chi connectivity index (χ2v) is 9.15. The van der Waals surface area contributed by atoms with Crippen LogP contribution in [0.1, 0.15) is 12.8 Å². The number of rotatable bonds is 7. The highest BCUT2D eigenvalue weighted by Crippen LogP contribution is 2.28. The minimum Gasteiger partial charge on any atom is -0.481 e. The highest BCUT2D eigenvalue weighted by atomic mass is 127. The standard InChI is InChI=1S/C22H21IN2O4S/c23-14-5-7-15(8-6-14)24-20(26)13-30-17-11-9-16(10-12-17)25-21(27)18-3-1-2-4-19(18)22(28)29/h1-2,5-12,18-19H,3-4,13H2,(H,24,26)(H,25,27)(H,28,29). The van der Waals surface area contributed by atoms with Crippen molar-refractivity contribution in [2.75, 3.05) is 16.4 Å². The first-order chi connectivity index (χ1) is 14.4. The number of aliphatic carboxylic acids is 1. The summed E-state index contributed by atoms with van der Waals surface area (Å²) in [5, 5.41) is 15.0. The van der Waals surface area contributed by atoms with Crippen molar-refractivity contribution in [2.24, 2.45) is 11.8 Å². The highest BCUT2D eigenvalue weighted by Gasteiger charge is 2.33. The number of hydrogen-bond acceptors (Lipinski definition) is 4. The fourth-order valence-corrected chi connectivity index (χ4v) is 4.18. The lowest BCUT2D eigenvalue weighted by molar-refractivity contribution is -0.146. The molecule has 8 heteroatoms. The van der Waals surface area contributed by atoms with E-state index in [4.69, 9.17) is 0 Å². The van der Waals surface area contributed by atoms with Gasteiger partial charge in [-0.05, 0) is 84.0 Å². The highest BCUT2D eigenvalue weighted by molar-refractivity contribution is 14.1. The molecular formula is C22H21IN2O4S. The number of benzene rings is 2. The van der Waals surface area contributed by atoms with Crippen molar-refractivity contribution >= 4 is 63.5 Å². The first kappa shape index (κ1) is 22.4. The van der Waals surface area contributed by atoms with Crippen LogP contribution in [0.15, 0.2) is 65.6 Å². The van der Waals surface area contributed by atoms with Crippen LogP contribution in [-0.2, 0) is 14.4 Å². The Morgan fingerprint density at radius 1 is 0.900 bits per heavy atom. The Bertz CT molecular complexity index is 945. The fraction of sp³-hybridized carbons (Fsp3) is 0.227. The maximum atomic E-state index is 12.5. The average Bonchev–Trinajstić information content (AvgIpc) is 2.75. The van der Waals surface area contributed by atoms with Gasteiger partial charge in [0.15, 0.2) is 0 Å². The smallest absolute Gasteiger partial charge is 0.307 e. The number of halogens is 1. The van der Waals surface area contributed by atoms with Gasteiger partial charge >= 0.3 is 5.97 Å². The van der Waals surface area contributed by atoms with Crippen LogP contribution in [0, 0.1) is 15.4 Å². The van der Waals surface area contributed by atoms with Crippen LogP contribution in [0.4, 0.5) is 11.4 Å². The molecule has 0 heterocycles. The molecule has 0 aliphatic heterocycles. The summed E-state index contributed by atoms with van der Waals surface area (Å²) in [4.78, 5) is 36.9. The molecule has 2 amide bonds. The normalized spacial score (nSPS) is 17.9. The third-order valence-electron chi connectivity index (χ3n) is 4.71. The zero-order valence-corrected chi connectivity index (χ0v) is 19.0. The van der Waals surface area contributed by atoms with Crippen molar-refractivity contribution in [3.05, 3.63) is 64.3 Å². The Hall–Kier alpha value is -2.33. The second kappa shape index (κ2) is 10.6. The first-order valence-electron chi connectivity index (χ1n) is 9.39. The third kappa shape index (κ3) is 6.33. The van der Waals surface area contributed by atoms with Crippen molar-refractivity contribution in [1.29, 1.82) is 0 Å². The van der Waals surface area contributed by atoms with E-state index in [1.165, 1.54) is 11.8 Å². The Labute approximate surface area is 192 Å². The summed E-state index contributed by atoms with van der Waals surface area (Å²) in [6.45, 7) is 0. The van der Waals surface area contributed by atoms with E-state index in [0.717, 1.165) is 14.2 Å². The van der Waals surface area contributed by atoms with Crippen molar-refractivity contribution in [3.63, 3.8) is 0 Å². The SMILES string of the molecule is O=C(CSc1ccc(NC(=O)C2CC=CCC2C(=O)O)cc1)Nc1ccc(I)cc1. The number of hydrogen-bond donors (Lipinski definition) is 3. The topological polar surface area (TPSA) is 95.5 Å². The zero-order valence-electron chi connectivity index (χ0n) is 16.0. The molecule has 1 aliphatic rings. The molecule has 0 aromatic heterocycles. The van der Waals surface area contributed by atoms with Gasteiger partial charge in [-0.15, -0.1) is 11.8 Å². The molecule has 6 nitrogen and oxygen atoms in total. The monoisotopic (exact) mass is 536 g/mol. The van der Waals surface area contributed by atoms with Crippen LogP contribution in [0.2, 0.25) is 0 Å². The summed E-state index contributed by atoms with van der Waals surface area (Å²) in [6.07, 6.45) is 4.45. The lowest BCUT2D eigenvalue weighted by Crippen LogP contribution is -2.34. The quantitative estimate of drug-likeness (QED) is 0.273. The van der Waals surface area contributed by atoms with E-state index in [0.29, 0.717) is 18.5 Å². The minimum absolute atomic E-state index is 0.0938. The number of carboxylic acid groups (broad SMARTS) is 1. The van der Waals surface area contributed by atoms with Gasteiger partial charge < -0.3 is 15.7 Å². The number of anilines is 2. The second-order valence-electron chi connectivity index (χ2n) is 6.85. The van der Waals surface area contributed by atoms with Gasteiger partial charge in [-0.2, -0.15) is 0 Å². The van der Waals surface area contributed by atoms with Crippen LogP contribution >= 0.6 is 34.4 Å². The number of carbonyl (C=O) groups excluding carboxylic acids is 2. The summed E-state index contributed by atoms with van der Waals surface area (Å²) >= 11 is 3.61. The fourth-order valence-electron chi connectivity index (χ4n) is 3.13. The van der Waals surface area contributed by atoms with E-state index in [2.05, 4.69) is 33.2 Å². The van der Waals surface area contributed by atoms with Gasteiger partial charge in [0.2, 0.25) is 11.8 Å². The zero-order chi connectivity index (χ0) is 21.5. The van der Waals surface area contributed by atoms with E-state index in [1.54, 1.807) is 12.1 Å². The number of amides is 2. The maximum absolute atomic E-state index is 12.5. The van der Waals surface area contributed by atoms with Crippen molar-refractivity contribution < 1.29 is 19.5 Å². The molecular weight excluding hydrogens is 515 g/mol. The van der Waals surface area contributed by atoms with E-state index >= 15 is 0 Å². The number of allylic oxidation sites excluding steroid dienone is 2. The van der Waals surface area contributed by atoms with Gasteiger partial charge in [-0.3, -0.25) is 14.4 Å². The molecule has 0 spiro atoms. The molecule has 0 bridgehead atoms. The molecule has 3 N–H and O–H groups in total. The van der Waals surface area contributed by atoms with Crippen LogP contribution in [0.25, 0.3) is 0 Å². The number of nitrogens with one attached hydrogen (secondary N) is 2. The van der Waals surface area contributed by atoms with E-state index in [1.807, 2.05) is 48.6 Å². The average molecular weight is 536 g/mol. The molecule has 0 fully saturated rings. The number of thioether (sulfide) groups is 1. The molecule has 0 saturated carbocycles. The van der Waals surface area contributed by atoms with Crippen molar-refractivity contribution in [2.45, 2.75) is 17.7 Å². The van der Waals surface area contributed by atoms with Crippen LogP contribution < -0.4 is 10.6 Å². The van der Waals surface area contributed by atoms with Gasteiger partial charge in [0.05, 0.1) is 17.6 Å². The Morgan fingerprint density at radius 3 is 2.10 bits per heavy atom. The Morgan fingerprint density at radius 2 is 1.47 bits per heavy atom. The molecule has 2 aromatic carbocycles. The summed E-state index contributed by atoms with van der Waals surface area (Å²) in [5.74, 6) is -2.34. The Kier molecular flexibility index (Phi) is 7.92. The van der Waals surface area contributed by atoms with E-state index < -0.39 is 17.8 Å². The van der Waals surface area contributed by atoms with E-state index in [-0.39, 0.29) is 17.6 Å². The summed E-state index contributed by atoms with van der Waals surface area (Å²) in [5.41, 5.74) is 1.36. The molecule has 0 saturated heterocycles. The van der Waals surface area contributed by atoms with Gasteiger partial charge in [0, 0.05) is 19.8 Å². The van der Waals surface area contributed by atoms with Gasteiger partial charge in [-0.25, -0.2) is 0 Å². The minimum atomic E-state index is -0.949. The largest absolute Gasteiger partial charge is 0.481 e. The molecule has 30 heavy (non-hydrogen) atoms. The van der Waals surface area contributed by atoms with Gasteiger partial charge in [-0.1, -0.05) is 12.2 Å². The molecule has 0 radical (unpaired) electrons.